The molecule has 1 amide bonds. The lowest BCUT2D eigenvalue weighted by Gasteiger charge is -2.45. The van der Waals surface area contributed by atoms with Crippen LogP contribution in [0.25, 0.3) is 0 Å². The van der Waals surface area contributed by atoms with Gasteiger partial charge in [0, 0.05) is 19.1 Å². The first kappa shape index (κ1) is 14.8. The van der Waals surface area contributed by atoms with Crippen LogP contribution in [0.3, 0.4) is 0 Å². The van der Waals surface area contributed by atoms with E-state index in [2.05, 4.69) is 31.0 Å². The van der Waals surface area contributed by atoms with Gasteiger partial charge in [-0.3, -0.25) is 4.79 Å². The van der Waals surface area contributed by atoms with E-state index in [4.69, 9.17) is 5.73 Å². The van der Waals surface area contributed by atoms with Crippen LogP contribution in [0.1, 0.15) is 40.0 Å². The van der Waals surface area contributed by atoms with Crippen LogP contribution in [0.4, 0.5) is 0 Å². The molecule has 0 aromatic rings. The molecule has 0 radical (unpaired) electrons. The number of carbonyl (C=O) groups is 1. The van der Waals surface area contributed by atoms with Gasteiger partial charge in [-0.2, -0.15) is 0 Å². The predicted molar refractivity (Wildman–Crippen MR) is 77.7 cm³/mol. The lowest BCUT2D eigenvalue weighted by atomic mass is 9.82. The number of fused-ring (bicyclic) bond motifs is 3. The van der Waals surface area contributed by atoms with Gasteiger partial charge in [-0.05, 0) is 43.7 Å². The quantitative estimate of drug-likeness (QED) is 0.805. The molecule has 4 nitrogen and oxygen atoms in total. The third-order valence-corrected chi connectivity index (χ3v) is 4.50. The number of hydrogen-bond donors (Lipinski definition) is 2. The molecule has 3 saturated heterocycles. The Morgan fingerprint density at radius 3 is 2.42 bits per heavy atom. The molecule has 3 heterocycles. The van der Waals surface area contributed by atoms with Crippen LogP contribution in [0.5, 0.6) is 0 Å². The largest absolute Gasteiger partial charge is 0.352 e. The molecule has 0 aromatic heterocycles. The second kappa shape index (κ2) is 5.80. The first-order chi connectivity index (χ1) is 8.89. The molecule has 0 aliphatic carbocycles. The molecule has 2 unspecified atom stereocenters. The van der Waals surface area contributed by atoms with Crippen molar-refractivity contribution >= 4 is 5.91 Å². The number of piperidine rings is 3. The molecule has 2 atom stereocenters. The molecule has 3 aliphatic heterocycles. The van der Waals surface area contributed by atoms with Crippen molar-refractivity contribution in [2.24, 2.45) is 23.0 Å². The summed E-state index contributed by atoms with van der Waals surface area (Å²) in [5.74, 6) is 0.800. The summed E-state index contributed by atoms with van der Waals surface area (Å²) in [6, 6.07) is 0.351. The summed E-state index contributed by atoms with van der Waals surface area (Å²) in [6.45, 7) is 10.4. The van der Waals surface area contributed by atoms with E-state index in [-0.39, 0.29) is 17.2 Å². The number of nitrogens with zero attached hydrogens (tertiary/aromatic N) is 1. The summed E-state index contributed by atoms with van der Waals surface area (Å²) in [5.41, 5.74) is 5.94. The van der Waals surface area contributed by atoms with Crippen molar-refractivity contribution in [2.75, 3.05) is 26.2 Å². The van der Waals surface area contributed by atoms with Gasteiger partial charge in [0.15, 0.2) is 0 Å². The summed E-state index contributed by atoms with van der Waals surface area (Å²) in [6.07, 6.45) is 3.32. The fraction of sp³-hybridized carbons (Fsp3) is 0.933. The second-order valence-electron chi connectivity index (χ2n) is 7.45. The fourth-order valence-corrected chi connectivity index (χ4v) is 3.45. The third kappa shape index (κ3) is 3.93. The van der Waals surface area contributed by atoms with Crippen molar-refractivity contribution in [1.29, 1.82) is 0 Å². The van der Waals surface area contributed by atoms with Crippen LogP contribution in [0.2, 0.25) is 0 Å². The van der Waals surface area contributed by atoms with Gasteiger partial charge in [-0.1, -0.05) is 20.8 Å². The molecule has 3 rings (SSSR count). The molecule has 4 heteroatoms. The van der Waals surface area contributed by atoms with Crippen LogP contribution < -0.4 is 11.1 Å². The van der Waals surface area contributed by atoms with Crippen molar-refractivity contribution in [3.05, 3.63) is 0 Å². The zero-order valence-electron chi connectivity index (χ0n) is 12.6. The Morgan fingerprint density at radius 1 is 1.37 bits per heavy atom. The highest BCUT2D eigenvalue weighted by atomic mass is 16.2. The van der Waals surface area contributed by atoms with Crippen LogP contribution in [0, 0.1) is 17.3 Å². The van der Waals surface area contributed by atoms with Gasteiger partial charge in [0.1, 0.15) is 0 Å². The highest BCUT2D eigenvalue weighted by molar-refractivity contribution is 5.79. The zero-order valence-corrected chi connectivity index (χ0v) is 12.6. The van der Waals surface area contributed by atoms with E-state index in [0.29, 0.717) is 18.5 Å². The van der Waals surface area contributed by atoms with E-state index in [9.17, 15) is 4.79 Å². The molecule has 3 fully saturated rings. The van der Waals surface area contributed by atoms with Crippen molar-refractivity contribution in [3.63, 3.8) is 0 Å². The number of rotatable bonds is 4. The molecular formula is C15H29N3O. The molecular weight excluding hydrogens is 238 g/mol. The minimum atomic E-state index is -0.0459. The maximum atomic E-state index is 12.4. The number of carbonyl (C=O) groups excluding carboxylic acids is 1. The topological polar surface area (TPSA) is 58.4 Å². The van der Waals surface area contributed by atoms with E-state index in [1.165, 1.54) is 25.9 Å². The lowest BCUT2D eigenvalue weighted by Crippen LogP contribution is -2.58. The summed E-state index contributed by atoms with van der Waals surface area (Å²) in [5, 5.41) is 3.26. The number of hydrogen-bond acceptors (Lipinski definition) is 3. The Morgan fingerprint density at radius 2 is 2.00 bits per heavy atom. The average Bonchev–Trinajstić information content (AvgIpc) is 2.36. The normalized spacial score (nSPS) is 32.1. The van der Waals surface area contributed by atoms with Crippen molar-refractivity contribution in [2.45, 2.75) is 46.1 Å². The highest BCUT2D eigenvalue weighted by Gasteiger charge is 2.36. The minimum absolute atomic E-state index is 0.0459. The monoisotopic (exact) mass is 267 g/mol. The fourth-order valence-electron chi connectivity index (χ4n) is 3.45. The smallest absolute Gasteiger partial charge is 0.224 e. The molecule has 0 aromatic carbocycles. The van der Waals surface area contributed by atoms with Crippen molar-refractivity contribution in [1.82, 2.24) is 10.2 Å². The second-order valence-corrected chi connectivity index (χ2v) is 7.45. The summed E-state index contributed by atoms with van der Waals surface area (Å²) >= 11 is 0. The maximum Gasteiger partial charge on any atom is 0.224 e. The molecule has 3 aliphatic rings. The van der Waals surface area contributed by atoms with Gasteiger partial charge >= 0.3 is 0 Å². The summed E-state index contributed by atoms with van der Waals surface area (Å²) < 4.78 is 0. The van der Waals surface area contributed by atoms with Gasteiger partial charge in [0.25, 0.3) is 0 Å². The number of amides is 1. The van der Waals surface area contributed by atoms with Crippen LogP contribution in [-0.4, -0.2) is 43.0 Å². The molecule has 0 spiro atoms. The molecule has 3 N–H and O–H groups in total. The minimum Gasteiger partial charge on any atom is -0.352 e. The molecule has 0 saturated carbocycles. The van der Waals surface area contributed by atoms with Crippen LogP contribution >= 0.6 is 0 Å². The predicted octanol–water partition coefficient (Wildman–Crippen LogP) is 1.21. The van der Waals surface area contributed by atoms with Gasteiger partial charge in [-0.15, -0.1) is 0 Å². The third-order valence-electron chi connectivity index (χ3n) is 4.50. The van der Waals surface area contributed by atoms with E-state index in [1.54, 1.807) is 0 Å². The van der Waals surface area contributed by atoms with Crippen LogP contribution in [-0.2, 0) is 4.79 Å². The van der Waals surface area contributed by atoms with Gasteiger partial charge in [0.2, 0.25) is 5.91 Å². The Bertz CT molecular complexity index is 316. The maximum absolute atomic E-state index is 12.4. The lowest BCUT2D eigenvalue weighted by molar-refractivity contribution is -0.127. The average molecular weight is 267 g/mol. The number of nitrogens with one attached hydrogen (secondary N) is 1. The van der Waals surface area contributed by atoms with E-state index in [1.807, 2.05) is 0 Å². The van der Waals surface area contributed by atoms with Gasteiger partial charge in [0.05, 0.1) is 5.92 Å². The zero-order chi connectivity index (χ0) is 14.0. The standard InChI is InChI=1S/C15H29N3O/c1-15(2,3)8-12(9-16)14(19)17-13-10-18-6-4-11(13)5-7-18/h11-13H,4-10,16H2,1-3H3,(H,17,19). The first-order valence-electron chi connectivity index (χ1n) is 7.62. The van der Waals surface area contributed by atoms with Crippen molar-refractivity contribution in [3.8, 4) is 0 Å². The van der Waals surface area contributed by atoms with E-state index >= 15 is 0 Å². The van der Waals surface area contributed by atoms with Crippen LogP contribution in [0.15, 0.2) is 0 Å². The van der Waals surface area contributed by atoms with Gasteiger partial charge in [-0.25, -0.2) is 0 Å². The Balaban J connectivity index is 1.89. The summed E-state index contributed by atoms with van der Waals surface area (Å²) in [7, 11) is 0. The van der Waals surface area contributed by atoms with Gasteiger partial charge < -0.3 is 16.0 Å². The van der Waals surface area contributed by atoms with E-state index in [0.717, 1.165) is 13.0 Å². The Hall–Kier alpha value is -0.610. The molecule has 19 heavy (non-hydrogen) atoms. The summed E-state index contributed by atoms with van der Waals surface area (Å²) in [4.78, 5) is 14.9. The first-order valence-corrected chi connectivity index (χ1v) is 7.62. The number of nitrogens with two attached hydrogens (primary N) is 1. The van der Waals surface area contributed by atoms with Crippen molar-refractivity contribution < 1.29 is 4.79 Å². The van der Waals surface area contributed by atoms with E-state index < -0.39 is 0 Å². The Labute approximate surface area is 117 Å². The molecule has 110 valence electrons. The highest BCUT2D eigenvalue weighted by Crippen LogP contribution is 2.28. The SMILES string of the molecule is CC(C)(C)CC(CN)C(=O)NC1CN2CCC1CC2. The Kier molecular flexibility index (Phi) is 4.51. The molecule has 2 bridgehead atoms.